The lowest BCUT2D eigenvalue weighted by Crippen LogP contribution is -2.39. The van der Waals surface area contributed by atoms with Crippen LogP contribution in [0.4, 0.5) is 0 Å². The second kappa shape index (κ2) is 8.85. The predicted molar refractivity (Wildman–Crippen MR) is 117 cm³/mol. The maximum absolute atomic E-state index is 12.7. The predicted octanol–water partition coefficient (Wildman–Crippen LogP) is 1.76. The van der Waals surface area contributed by atoms with E-state index in [2.05, 4.69) is 0 Å². The fraction of sp³-hybridized carbons (Fsp3) is 0.391. The van der Waals surface area contributed by atoms with Gasteiger partial charge in [0, 0.05) is 44.4 Å². The molecule has 0 atom stereocenters. The molecule has 8 heteroatoms. The van der Waals surface area contributed by atoms with Crippen LogP contribution in [0.1, 0.15) is 34.8 Å². The molecule has 4 rings (SSSR count). The van der Waals surface area contributed by atoms with Crippen LogP contribution in [0.3, 0.4) is 0 Å². The summed E-state index contributed by atoms with van der Waals surface area (Å²) < 4.78 is 7.73. The number of aromatic nitrogens is 3. The average Bonchev–Trinajstić information content (AvgIpc) is 2.82. The van der Waals surface area contributed by atoms with Gasteiger partial charge in [0.05, 0.1) is 18.5 Å². The topological polar surface area (TPSA) is 86.4 Å². The monoisotopic (exact) mass is 422 g/mol. The van der Waals surface area contributed by atoms with E-state index in [0.717, 1.165) is 23.1 Å². The van der Waals surface area contributed by atoms with Gasteiger partial charge in [0.1, 0.15) is 5.65 Å². The lowest BCUT2D eigenvalue weighted by molar-refractivity contribution is 0.0712. The molecule has 0 spiro atoms. The molecule has 31 heavy (non-hydrogen) atoms. The first-order valence-corrected chi connectivity index (χ1v) is 10.4. The molecule has 1 amide bonds. The van der Waals surface area contributed by atoms with Gasteiger partial charge in [0.15, 0.2) is 0 Å². The standard InChI is InChI=1S/C23H26N4O4/c1-25-22(29)18-8-9-19(24-20(18)27(23(25)30)14-15-31-2)16-10-12-26(13-11-16)21(28)17-6-4-3-5-7-17/h3-9,16H,10-15H2,1-2H3. The molecule has 1 aromatic carbocycles. The van der Waals surface area contributed by atoms with Crippen LogP contribution < -0.4 is 11.2 Å². The smallest absolute Gasteiger partial charge is 0.332 e. The molecule has 0 radical (unpaired) electrons. The highest BCUT2D eigenvalue weighted by Crippen LogP contribution is 2.28. The molecule has 1 saturated heterocycles. The van der Waals surface area contributed by atoms with Gasteiger partial charge >= 0.3 is 5.69 Å². The Kier molecular flexibility index (Phi) is 5.99. The van der Waals surface area contributed by atoms with Crippen molar-refractivity contribution in [2.75, 3.05) is 26.8 Å². The minimum Gasteiger partial charge on any atom is -0.383 e. The second-order valence-electron chi connectivity index (χ2n) is 7.83. The van der Waals surface area contributed by atoms with E-state index >= 15 is 0 Å². The maximum Gasteiger partial charge on any atom is 0.332 e. The Morgan fingerprint density at radius 3 is 2.48 bits per heavy atom. The SMILES string of the molecule is COCCn1c(=O)n(C)c(=O)c2ccc(C3CCN(C(=O)c4ccccc4)CC3)nc21. The first-order chi connectivity index (χ1) is 15.0. The van der Waals surface area contributed by atoms with Gasteiger partial charge in [-0.25, -0.2) is 9.78 Å². The minimum atomic E-state index is -0.400. The number of benzene rings is 1. The third-order valence-electron chi connectivity index (χ3n) is 5.95. The summed E-state index contributed by atoms with van der Waals surface area (Å²) in [4.78, 5) is 44.5. The van der Waals surface area contributed by atoms with E-state index in [1.807, 2.05) is 41.3 Å². The molecule has 0 saturated carbocycles. The van der Waals surface area contributed by atoms with Crippen molar-refractivity contribution in [3.8, 4) is 0 Å². The molecule has 162 valence electrons. The van der Waals surface area contributed by atoms with Crippen LogP contribution >= 0.6 is 0 Å². The Bertz CT molecular complexity index is 1210. The average molecular weight is 422 g/mol. The van der Waals surface area contributed by atoms with Crippen molar-refractivity contribution in [1.82, 2.24) is 19.0 Å². The molecule has 2 aromatic heterocycles. The van der Waals surface area contributed by atoms with Crippen molar-refractivity contribution in [2.45, 2.75) is 25.3 Å². The van der Waals surface area contributed by atoms with E-state index in [9.17, 15) is 14.4 Å². The van der Waals surface area contributed by atoms with Gasteiger partial charge < -0.3 is 9.64 Å². The molecule has 3 aromatic rings. The number of rotatable bonds is 5. The van der Waals surface area contributed by atoms with Crippen molar-refractivity contribution in [3.63, 3.8) is 0 Å². The number of hydrogen-bond acceptors (Lipinski definition) is 5. The molecule has 8 nitrogen and oxygen atoms in total. The summed E-state index contributed by atoms with van der Waals surface area (Å²) in [5.41, 5.74) is 1.19. The molecule has 0 N–H and O–H groups in total. The molecule has 1 aliphatic heterocycles. The Morgan fingerprint density at radius 2 is 1.81 bits per heavy atom. The van der Waals surface area contributed by atoms with E-state index < -0.39 is 5.69 Å². The minimum absolute atomic E-state index is 0.0439. The number of fused-ring (bicyclic) bond motifs is 1. The van der Waals surface area contributed by atoms with Crippen molar-refractivity contribution in [2.24, 2.45) is 7.05 Å². The molecule has 3 heterocycles. The maximum atomic E-state index is 12.7. The summed E-state index contributed by atoms with van der Waals surface area (Å²) in [6, 6.07) is 12.9. The van der Waals surface area contributed by atoms with Crippen LogP contribution in [0.5, 0.6) is 0 Å². The van der Waals surface area contributed by atoms with Gasteiger partial charge in [0.2, 0.25) is 0 Å². The van der Waals surface area contributed by atoms with E-state index in [1.54, 1.807) is 13.2 Å². The van der Waals surface area contributed by atoms with Gasteiger partial charge in [-0.2, -0.15) is 0 Å². The van der Waals surface area contributed by atoms with Crippen molar-refractivity contribution >= 4 is 16.9 Å². The lowest BCUT2D eigenvalue weighted by atomic mass is 9.92. The Balaban J connectivity index is 1.59. The zero-order valence-electron chi connectivity index (χ0n) is 17.8. The largest absolute Gasteiger partial charge is 0.383 e. The van der Waals surface area contributed by atoms with Gasteiger partial charge in [-0.3, -0.25) is 18.7 Å². The fourth-order valence-electron chi connectivity index (χ4n) is 4.13. The summed E-state index contributed by atoms with van der Waals surface area (Å²) in [6.45, 7) is 1.95. The molecule has 0 unspecified atom stereocenters. The van der Waals surface area contributed by atoms with Crippen molar-refractivity contribution in [3.05, 3.63) is 74.6 Å². The van der Waals surface area contributed by atoms with Gasteiger partial charge in [-0.1, -0.05) is 18.2 Å². The van der Waals surface area contributed by atoms with Gasteiger partial charge in [-0.15, -0.1) is 0 Å². The summed E-state index contributed by atoms with van der Waals surface area (Å²) in [5.74, 6) is 0.210. The van der Waals surface area contributed by atoms with Gasteiger partial charge in [0.25, 0.3) is 11.5 Å². The number of piperidine rings is 1. The molecule has 0 bridgehead atoms. The third-order valence-corrected chi connectivity index (χ3v) is 5.95. The second-order valence-corrected chi connectivity index (χ2v) is 7.83. The van der Waals surface area contributed by atoms with Crippen LogP contribution in [-0.4, -0.2) is 51.7 Å². The summed E-state index contributed by atoms with van der Waals surface area (Å²) in [5, 5.41) is 0.415. The van der Waals surface area contributed by atoms with Crippen LogP contribution in [0.25, 0.3) is 11.0 Å². The molecular formula is C23H26N4O4. The van der Waals surface area contributed by atoms with Crippen molar-refractivity contribution < 1.29 is 9.53 Å². The Morgan fingerprint density at radius 1 is 1.10 bits per heavy atom. The van der Waals surface area contributed by atoms with E-state index in [-0.39, 0.29) is 17.4 Å². The first-order valence-electron chi connectivity index (χ1n) is 10.4. The number of ether oxygens (including phenoxy) is 1. The number of pyridine rings is 1. The number of likely N-dealkylation sites (tertiary alicyclic amines) is 1. The highest BCUT2D eigenvalue weighted by Gasteiger charge is 2.26. The van der Waals surface area contributed by atoms with Crippen molar-refractivity contribution in [1.29, 1.82) is 0 Å². The van der Waals surface area contributed by atoms with Crippen LogP contribution in [-0.2, 0) is 18.3 Å². The normalized spacial score (nSPS) is 14.8. The fourth-order valence-corrected chi connectivity index (χ4v) is 4.13. The first kappa shape index (κ1) is 21.0. The van der Waals surface area contributed by atoms with E-state index in [1.165, 1.54) is 11.6 Å². The molecular weight excluding hydrogens is 396 g/mol. The third kappa shape index (κ3) is 4.03. The summed E-state index contributed by atoms with van der Waals surface area (Å²) in [6.07, 6.45) is 1.56. The Hall–Kier alpha value is -3.26. The highest BCUT2D eigenvalue weighted by atomic mass is 16.5. The molecule has 0 aliphatic carbocycles. The zero-order valence-corrected chi connectivity index (χ0v) is 17.8. The highest BCUT2D eigenvalue weighted by molar-refractivity contribution is 5.94. The zero-order chi connectivity index (χ0) is 22.0. The Labute approximate surface area is 179 Å². The number of carbonyl (C=O) groups is 1. The number of carbonyl (C=O) groups excluding carboxylic acids is 1. The number of hydrogen-bond donors (Lipinski definition) is 0. The van der Waals surface area contributed by atoms with Crippen LogP contribution in [0.2, 0.25) is 0 Å². The number of amides is 1. The van der Waals surface area contributed by atoms with Crippen LogP contribution in [0, 0.1) is 0 Å². The van der Waals surface area contributed by atoms with E-state index in [4.69, 9.17) is 9.72 Å². The molecule has 1 fully saturated rings. The number of nitrogens with zero attached hydrogens (tertiary/aromatic N) is 4. The van der Waals surface area contributed by atoms with E-state index in [0.29, 0.717) is 42.8 Å². The summed E-state index contributed by atoms with van der Waals surface area (Å²) in [7, 11) is 3.04. The quantitative estimate of drug-likeness (QED) is 0.625. The van der Waals surface area contributed by atoms with Crippen LogP contribution in [0.15, 0.2) is 52.1 Å². The lowest BCUT2D eigenvalue weighted by Gasteiger charge is -2.32. The molecule has 1 aliphatic rings. The number of methoxy groups -OCH3 is 1. The summed E-state index contributed by atoms with van der Waals surface area (Å²) >= 11 is 0. The van der Waals surface area contributed by atoms with Gasteiger partial charge in [-0.05, 0) is 37.1 Å².